The van der Waals surface area contributed by atoms with Crippen molar-refractivity contribution >= 4 is 0 Å². The van der Waals surface area contributed by atoms with Crippen LogP contribution in [0.1, 0.15) is 33.6 Å². The average molecular weight is 126 g/mol. The van der Waals surface area contributed by atoms with Crippen LogP contribution in [0.4, 0.5) is 0 Å². The third kappa shape index (κ3) is 18.5. The van der Waals surface area contributed by atoms with Crippen molar-refractivity contribution in [2.75, 3.05) is 0 Å². The number of hydrogen-bond donors (Lipinski definition) is 0. The van der Waals surface area contributed by atoms with Crippen LogP contribution in [0.3, 0.4) is 0 Å². The van der Waals surface area contributed by atoms with Gasteiger partial charge in [-0.25, -0.2) is 0 Å². The molecule has 0 aromatic rings. The Labute approximate surface area is 59.3 Å². The lowest BCUT2D eigenvalue weighted by molar-refractivity contribution is 0.986. The van der Waals surface area contributed by atoms with Gasteiger partial charge in [0.05, 0.1) is 0 Å². The highest BCUT2D eigenvalue weighted by atomic mass is 13.8. The molecule has 0 aromatic carbocycles. The van der Waals surface area contributed by atoms with Crippen molar-refractivity contribution in [3.8, 4) is 0 Å². The lowest BCUT2D eigenvalue weighted by Crippen LogP contribution is -1.68. The van der Waals surface area contributed by atoms with E-state index in [0.29, 0.717) is 0 Å². The summed E-state index contributed by atoms with van der Waals surface area (Å²) in [6.07, 6.45) is 4.06. The van der Waals surface area contributed by atoms with Gasteiger partial charge in [0.1, 0.15) is 0 Å². The maximum absolute atomic E-state index is 3.74. The highest BCUT2D eigenvalue weighted by Gasteiger charge is 1.78. The Balaban J connectivity index is 0. The Morgan fingerprint density at radius 1 is 1.44 bits per heavy atom. The summed E-state index contributed by atoms with van der Waals surface area (Å²) < 4.78 is 0. The monoisotopic (exact) mass is 126 g/mol. The summed E-state index contributed by atoms with van der Waals surface area (Å²) in [5.74, 6) is 0. The summed E-state index contributed by atoms with van der Waals surface area (Å²) in [6, 6.07) is 0. The van der Waals surface area contributed by atoms with Crippen molar-refractivity contribution in [1.82, 2.24) is 0 Å². The number of hydrogen-bond acceptors (Lipinski definition) is 0. The molecule has 0 heteroatoms. The predicted octanol–water partition coefficient (Wildman–Crippen LogP) is 3.55. The molecular weight excluding hydrogens is 108 g/mol. The molecule has 0 N–H and O–H groups in total. The van der Waals surface area contributed by atoms with Gasteiger partial charge in [0.15, 0.2) is 0 Å². The first-order valence-corrected chi connectivity index (χ1v) is 3.52. The second kappa shape index (κ2) is 10.5. The molecule has 0 aromatic heterocycles. The Hall–Kier alpha value is -0.520. The van der Waals surface area contributed by atoms with E-state index >= 15 is 0 Å². The highest BCUT2D eigenvalue weighted by molar-refractivity contribution is 4.89. The molecule has 0 aliphatic heterocycles. The van der Waals surface area contributed by atoms with E-state index in [1.165, 1.54) is 5.57 Å². The quantitative estimate of drug-likeness (QED) is 0.507. The van der Waals surface area contributed by atoms with Crippen LogP contribution in [0, 0.1) is 0 Å². The van der Waals surface area contributed by atoms with Gasteiger partial charge in [0.2, 0.25) is 0 Å². The third-order valence-electron chi connectivity index (χ3n) is 0.775. The molecule has 0 rings (SSSR count). The molecule has 0 radical (unpaired) electrons. The summed E-state index contributed by atoms with van der Waals surface area (Å²) in [6.45, 7) is 13.4. The fourth-order valence-electron chi connectivity index (χ4n) is 0.348. The second-order valence-electron chi connectivity index (χ2n) is 1.78. The number of allylic oxidation sites excluding steroid dienone is 2. The van der Waals surface area contributed by atoms with Crippen molar-refractivity contribution in [3.63, 3.8) is 0 Å². The van der Waals surface area contributed by atoms with Crippen LogP contribution in [-0.4, -0.2) is 0 Å². The summed E-state index contributed by atoms with van der Waals surface area (Å²) in [5, 5.41) is 0. The Morgan fingerprint density at radius 2 is 1.89 bits per heavy atom. The maximum Gasteiger partial charge on any atom is -0.0291 e. The minimum absolute atomic E-state index is 1.06. The molecule has 0 saturated heterocycles. The zero-order chi connectivity index (χ0) is 7.70. The lowest BCUT2D eigenvalue weighted by atomic mass is 10.2. The second-order valence-corrected chi connectivity index (χ2v) is 1.78. The van der Waals surface area contributed by atoms with Gasteiger partial charge in [-0.1, -0.05) is 25.5 Å². The van der Waals surface area contributed by atoms with Crippen LogP contribution in [0.2, 0.25) is 0 Å². The topological polar surface area (TPSA) is 0 Å². The van der Waals surface area contributed by atoms with Crippen LogP contribution in [-0.2, 0) is 0 Å². The van der Waals surface area contributed by atoms with E-state index in [1.807, 2.05) is 26.8 Å². The van der Waals surface area contributed by atoms with Crippen molar-refractivity contribution in [3.05, 3.63) is 24.8 Å². The van der Waals surface area contributed by atoms with Crippen LogP contribution in [0.25, 0.3) is 0 Å². The molecule has 0 aliphatic rings. The third-order valence-corrected chi connectivity index (χ3v) is 0.775. The standard InChI is InChI=1S/C7H12.C2H6/c1-4-5-6-7(2)3;1-2/h4H,1-2,5-6H2,3H3;1-2H3. The molecule has 0 aliphatic carbocycles. The maximum atomic E-state index is 3.74. The van der Waals surface area contributed by atoms with Gasteiger partial charge < -0.3 is 0 Å². The Morgan fingerprint density at radius 3 is 2.00 bits per heavy atom. The van der Waals surface area contributed by atoms with Gasteiger partial charge in [-0.2, -0.15) is 0 Å². The fourth-order valence-corrected chi connectivity index (χ4v) is 0.348. The van der Waals surface area contributed by atoms with Gasteiger partial charge in [-0.3, -0.25) is 0 Å². The van der Waals surface area contributed by atoms with Crippen LogP contribution < -0.4 is 0 Å². The molecular formula is C9H18. The lowest BCUT2D eigenvalue weighted by Gasteiger charge is -1.88. The normalized spacial score (nSPS) is 7.00. The van der Waals surface area contributed by atoms with Gasteiger partial charge in [-0.05, 0) is 19.8 Å². The summed E-state index contributed by atoms with van der Waals surface area (Å²) in [5.41, 5.74) is 1.24. The van der Waals surface area contributed by atoms with Crippen LogP contribution in [0.15, 0.2) is 24.8 Å². The van der Waals surface area contributed by atoms with E-state index in [4.69, 9.17) is 0 Å². The van der Waals surface area contributed by atoms with E-state index in [-0.39, 0.29) is 0 Å². The van der Waals surface area contributed by atoms with E-state index < -0.39 is 0 Å². The zero-order valence-corrected chi connectivity index (χ0v) is 6.91. The Kier molecular flexibility index (Phi) is 13.1. The molecule has 0 nitrogen and oxygen atoms in total. The highest BCUT2D eigenvalue weighted by Crippen LogP contribution is 1.98. The first kappa shape index (κ1) is 11.3. The van der Waals surface area contributed by atoms with Crippen molar-refractivity contribution in [2.24, 2.45) is 0 Å². The molecule has 0 fully saturated rings. The van der Waals surface area contributed by atoms with Crippen molar-refractivity contribution < 1.29 is 0 Å². The van der Waals surface area contributed by atoms with Crippen molar-refractivity contribution in [2.45, 2.75) is 33.6 Å². The molecule has 0 atom stereocenters. The zero-order valence-electron chi connectivity index (χ0n) is 6.91. The van der Waals surface area contributed by atoms with Gasteiger partial charge in [0.25, 0.3) is 0 Å². The van der Waals surface area contributed by atoms with E-state index in [0.717, 1.165) is 12.8 Å². The molecule has 0 heterocycles. The molecule has 0 saturated carbocycles. The molecule has 0 unspecified atom stereocenters. The summed E-state index contributed by atoms with van der Waals surface area (Å²) in [4.78, 5) is 0. The van der Waals surface area contributed by atoms with Gasteiger partial charge in [0, 0.05) is 0 Å². The minimum atomic E-state index is 1.06. The van der Waals surface area contributed by atoms with E-state index in [1.54, 1.807) is 0 Å². The largest absolute Gasteiger partial charge is 0.103 e. The molecule has 54 valence electrons. The smallest absolute Gasteiger partial charge is 0.0291 e. The van der Waals surface area contributed by atoms with Gasteiger partial charge >= 0.3 is 0 Å². The van der Waals surface area contributed by atoms with Crippen LogP contribution in [0.5, 0.6) is 0 Å². The summed E-state index contributed by atoms with van der Waals surface area (Å²) in [7, 11) is 0. The fraction of sp³-hybridized carbons (Fsp3) is 0.556. The first-order chi connectivity index (χ1) is 4.27. The minimum Gasteiger partial charge on any atom is -0.103 e. The first-order valence-electron chi connectivity index (χ1n) is 3.52. The predicted molar refractivity (Wildman–Crippen MR) is 45.6 cm³/mol. The molecule has 0 bridgehead atoms. The average Bonchev–Trinajstić information content (AvgIpc) is 1.88. The molecule has 0 spiro atoms. The van der Waals surface area contributed by atoms with E-state index in [2.05, 4.69) is 13.2 Å². The Bertz CT molecular complexity index is 70.1. The number of rotatable bonds is 3. The summed E-state index contributed by atoms with van der Waals surface area (Å²) >= 11 is 0. The van der Waals surface area contributed by atoms with E-state index in [9.17, 15) is 0 Å². The van der Waals surface area contributed by atoms with Crippen molar-refractivity contribution in [1.29, 1.82) is 0 Å². The molecule has 9 heavy (non-hydrogen) atoms. The van der Waals surface area contributed by atoms with Gasteiger partial charge in [-0.15, -0.1) is 13.2 Å². The SMILES string of the molecule is C=CCCC(=C)C.CC. The van der Waals surface area contributed by atoms with Crippen LogP contribution >= 0.6 is 0 Å². The molecule has 0 amide bonds.